The molecule has 2 heterocycles. The van der Waals surface area contributed by atoms with E-state index in [0.29, 0.717) is 18.8 Å². The van der Waals surface area contributed by atoms with Crippen molar-refractivity contribution in [2.75, 3.05) is 18.5 Å². The van der Waals surface area contributed by atoms with Crippen molar-refractivity contribution in [3.8, 4) is 0 Å². The van der Waals surface area contributed by atoms with Crippen LogP contribution in [-0.4, -0.2) is 34.1 Å². The highest BCUT2D eigenvalue weighted by molar-refractivity contribution is 6.03. The quantitative estimate of drug-likeness (QED) is 0.933. The van der Waals surface area contributed by atoms with Gasteiger partial charge >= 0.3 is 6.18 Å². The standard InChI is InChI=1S/C15H15F3N4O2/c1-9-2-3-10(15(16,17)18)6-12(9)19-14(23)13-7-22(21-20-13)11-4-5-24-8-11/h2-3,6-7,11H,4-5,8H2,1H3,(H,19,23)/t11-/m0/s1. The first-order valence-electron chi connectivity index (χ1n) is 7.33. The fourth-order valence-corrected chi connectivity index (χ4v) is 2.41. The van der Waals surface area contributed by atoms with Crippen LogP contribution in [0.15, 0.2) is 24.4 Å². The van der Waals surface area contributed by atoms with E-state index in [1.54, 1.807) is 11.6 Å². The van der Waals surface area contributed by atoms with Crippen molar-refractivity contribution in [3.05, 3.63) is 41.2 Å². The zero-order chi connectivity index (χ0) is 17.3. The summed E-state index contributed by atoms with van der Waals surface area (Å²) >= 11 is 0. The number of hydrogen-bond acceptors (Lipinski definition) is 4. The van der Waals surface area contributed by atoms with Crippen LogP contribution in [0.4, 0.5) is 18.9 Å². The Bertz CT molecular complexity index is 751. The molecular weight excluding hydrogens is 325 g/mol. The minimum Gasteiger partial charge on any atom is -0.379 e. The maximum absolute atomic E-state index is 12.8. The van der Waals surface area contributed by atoms with Gasteiger partial charge in [-0.15, -0.1) is 5.10 Å². The Morgan fingerprint density at radius 2 is 2.21 bits per heavy atom. The highest BCUT2D eigenvalue weighted by atomic mass is 19.4. The summed E-state index contributed by atoms with van der Waals surface area (Å²) < 4.78 is 45.1. The second kappa shape index (κ2) is 6.23. The van der Waals surface area contributed by atoms with Gasteiger partial charge < -0.3 is 10.1 Å². The molecule has 1 atom stereocenters. The van der Waals surface area contributed by atoms with Crippen LogP contribution in [0.25, 0.3) is 0 Å². The summed E-state index contributed by atoms with van der Waals surface area (Å²) in [6.07, 6.45) is -2.23. The molecule has 24 heavy (non-hydrogen) atoms. The van der Waals surface area contributed by atoms with Crippen molar-refractivity contribution < 1.29 is 22.7 Å². The van der Waals surface area contributed by atoms with Gasteiger partial charge in [0, 0.05) is 12.3 Å². The van der Waals surface area contributed by atoms with Gasteiger partial charge in [-0.1, -0.05) is 11.3 Å². The lowest BCUT2D eigenvalue weighted by Gasteiger charge is -2.11. The van der Waals surface area contributed by atoms with Crippen LogP contribution in [0.5, 0.6) is 0 Å². The second-order valence-corrected chi connectivity index (χ2v) is 5.58. The number of nitrogens with zero attached hydrogens (tertiary/aromatic N) is 3. The van der Waals surface area contributed by atoms with Gasteiger partial charge in [0.2, 0.25) is 0 Å². The Kier molecular flexibility index (Phi) is 4.27. The van der Waals surface area contributed by atoms with E-state index in [-0.39, 0.29) is 17.4 Å². The number of amides is 1. The van der Waals surface area contributed by atoms with E-state index in [4.69, 9.17) is 4.74 Å². The molecular formula is C15H15F3N4O2. The van der Waals surface area contributed by atoms with Gasteiger partial charge in [-0.3, -0.25) is 4.79 Å². The summed E-state index contributed by atoms with van der Waals surface area (Å²) in [5.41, 5.74) is -0.171. The van der Waals surface area contributed by atoms with Crippen molar-refractivity contribution in [2.45, 2.75) is 25.6 Å². The summed E-state index contributed by atoms with van der Waals surface area (Å²) in [5.74, 6) is -0.609. The van der Waals surface area contributed by atoms with E-state index in [1.807, 2.05) is 0 Å². The van der Waals surface area contributed by atoms with Crippen molar-refractivity contribution >= 4 is 11.6 Å². The van der Waals surface area contributed by atoms with Crippen LogP contribution in [0, 0.1) is 6.92 Å². The molecule has 128 valence electrons. The SMILES string of the molecule is Cc1ccc(C(F)(F)F)cc1NC(=O)c1cn([C@H]2CCOC2)nn1. The zero-order valence-electron chi connectivity index (χ0n) is 12.8. The molecule has 1 saturated heterocycles. The average Bonchev–Trinajstić information content (AvgIpc) is 3.19. The molecule has 3 rings (SSSR count). The van der Waals surface area contributed by atoms with Gasteiger partial charge in [-0.2, -0.15) is 13.2 Å². The summed E-state index contributed by atoms with van der Waals surface area (Å²) in [4.78, 5) is 12.2. The van der Waals surface area contributed by atoms with Crippen molar-refractivity contribution in [2.24, 2.45) is 0 Å². The number of nitrogens with one attached hydrogen (secondary N) is 1. The van der Waals surface area contributed by atoms with Crippen molar-refractivity contribution in [1.82, 2.24) is 15.0 Å². The fourth-order valence-electron chi connectivity index (χ4n) is 2.41. The molecule has 1 fully saturated rings. The van der Waals surface area contributed by atoms with Gasteiger partial charge in [-0.25, -0.2) is 4.68 Å². The maximum Gasteiger partial charge on any atom is 0.416 e. The number of carbonyl (C=O) groups excluding carboxylic acids is 1. The molecule has 1 aromatic heterocycles. The van der Waals surface area contributed by atoms with Crippen LogP contribution >= 0.6 is 0 Å². The van der Waals surface area contributed by atoms with Gasteiger partial charge in [0.05, 0.1) is 24.4 Å². The van der Waals surface area contributed by atoms with Gasteiger partial charge in [0.1, 0.15) is 0 Å². The Labute approximate surface area is 135 Å². The molecule has 0 radical (unpaired) electrons. The Morgan fingerprint density at radius 1 is 1.42 bits per heavy atom. The van der Waals surface area contributed by atoms with Crippen LogP contribution in [-0.2, 0) is 10.9 Å². The normalized spacial score (nSPS) is 17.9. The molecule has 1 aromatic carbocycles. The highest BCUT2D eigenvalue weighted by Crippen LogP contribution is 2.32. The average molecular weight is 340 g/mol. The predicted molar refractivity (Wildman–Crippen MR) is 78.6 cm³/mol. The van der Waals surface area contributed by atoms with Crippen LogP contribution in [0.3, 0.4) is 0 Å². The van der Waals surface area contributed by atoms with E-state index >= 15 is 0 Å². The van der Waals surface area contributed by atoms with Gasteiger partial charge in [0.25, 0.3) is 5.91 Å². The van der Waals surface area contributed by atoms with E-state index in [9.17, 15) is 18.0 Å². The zero-order valence-corrected chi connectivity index (χ0v) is 12.8. The molecule has 0 unspecified atom stereocenters. The molecule has 2 aromatic rings. The van der Waals surface area contributed by atoms with Crippen LogP contribution in [0.2, 0.25) is 0 Å². The van der Waals surface area contributed by atoms with Gasteiger partial charge in [0.15, 0.2) is 5.69 Å². The summed E-state index contributed by atoms with van der Waals surface area (Å²) in [6, 6.07) is 3.21. The van der Waals surface area contributed by atoms with Crippen molar-refractivity contribution in [3.63, 3.8) is 0 Å². The lowest BCUT2D eigenvalue weighted by molar-refractivity contribution is -0.137. The smallest absolute Gasteiger partial charge is 0.379 e. The molecule has 0 saturated carbocycles. The number of aromatic nitrogens is 3. The predicted octanol–water partition coefficient (Wildman–Crippen LogP) is 2.82. The monoisotopic (exact) mass is 340 g/mol. The minimum absolute atomic E-state index is 0.0225. The number of anilines is 1. The molecule has 6 nitrogen and oxygen atoms in total. The first-order chi connectivity index (χ1) is 11.3. The van der Waals surface area contributed by atoms with E-state index in [0.717, 1.165) is 18.6 Å². The number of rotatable bonds is 3. The van der Waals surface area contributed by atoms with Crippen molar-refractivity contribution in [1.29, 1.82) is 0 Å². The molecule has 0 bridgehead atoms. The Morgan fingerprint density at radius 3 is 2.88 bits per heavy atom. The lowest BCUT2D eigenvalue weighted by Crippen LogP contribution is -2.15. The Balaban J connectivity index is 1.77. The molecule has 1 amide bonds. The number of benzene rings is 1. The first-order valence-corrected chi connectivity index (χ1v) is 7.33. The number of alkyl halides is 3. The first kappa shape index (κ1) is 16.4. The summed E-state index contributed by atoms with van der Waals surface area (Å²) in [7, 11) is 0. The third kappa shape index (κ3) is 3.40. The van der Waals surface area contributed by atoms with E-state index < -0.39 is 17.6 Å². The number of halogens is 3. The molecule has 0 spiro atoms. The van der Waals surface area contributed by atoms with Gasteiger partial charge in [-0.05, 0) is 31.0 Å². The third-order valence-corrected chi connectivity index (χ3v) is 3.84. The molecule has 1 N–H and O–H groups in total. The minimum atomic E-state index is -4.47. The Hall–Kier alpha value is -2.42. The maximum atomic E-state index is 12.8. The number of carbonyl (C=O) groups is 1. The molecule has 1 aliphatic heterocycles. The molecule has 9 heteroatoms. The topological polar surface area (TPSA) is 69.0 Å². The largest absolute Gasteiger partial charge is 0.416 e. The summed E-state index contributed by atoms with van der Waals surface area (Å²) in [6.45, 7) is 2.73. The highest BCUT2D eigenvalue weighted by Gasteiger charge is 2.31. The molecule has 1 aliphatic rings. The number of hydrogen-bond donors (Lipinski definition) is 1. The molecule has 0 aliphatic carbocycles. The lowest BCUT2D eigenvalue weighted by atomic mass is 10.1. The summed E-state index contributed by atoms with van der Waals surface area (Å²) in [5, 5.41) is 10.1. The van der Waals surface area contributed by atoms with Crippen LogP contribution < -0.4 is 5.32 Å². The third-order valence-electron chi connectivity index (χ3n) is 3.84. The van der Waals surface area contributed by atoms with E-state index in [1.165, 1.54) is 12.3 Å². The second-order valence-electron chi connectivity index (χ2n) is 5.58. The number of ether oxygens (including phenoxy) is 1. The fraction of sp³-hybridized carbons (Fsp3) is 0.400. The number of aryl methyl sites for hydroxylation is 1. The van der Waals surface area contributed by atoms with Crippen LogP contribution in [0.1, 0.15) is 34.1 Å². The van der Waals surface area contributed by atoms with E-state index in [2.05, 4.69) is 15.6 Å².